The molecule has 3 aromatic heterocycles. The molecule has 0 radical (unpaired) electrons. The van der Waals surface area contributed by atoms with Gasteiger partial charge in [-0.1, -0.05) is 12.1 Å². The Morgan fingerprint density at radius 1 is 1.09 bits per heavy atom. The van der Waals surface area contributed by atoms with Crippen molar-refractivity contribution in [3.8, 4) is 23.0 Å². The van der Waals surface area contributed by atoms with E-state index in [2.05, 4.69) is 25.5 Å². The van der Waals surface area contributed by atoms with E-state index in [0.29, 0.717) is 23.1 Å². The number of nitrogens with zero attached hydrogens (tertiary/aromatic N) is 5. The lowest BCUT2D eigenvalue weighted by atomic mass is 10.1. The highest BCUT2D eigenvalue weighted by Gasteiger charge is 2.15. The zero-order chi connectivity index (χ0) is 22.7. The van der Waals surface area contributed by atoms with E-state index in [-0.39, 0.29) is 12.4 Å². The monoisotopic (exact) mass is 434 g/mol. The molecular formula is C23H23FN6O2. The van der Waals surface area contributed by atoms with Crippen molar-refractivity contribution in [2.24, 2.45) is 0 Å². The number of halogens is 1. The molecule has 1 aromatic carbocycles. The third-order valence-corrected chi connectivity index (χ3v) is 5.04. The van der Waals surface area contributed by atoms with Crippen LogP contribution >= 0.6 is 0 Å². The van der Waals surface area contributed by atoms with Crippen LogP contribution in [0.25, 0.3) is 17.1 Å². The second-order valence-electron chi connectivity index (χ2n) is 7.34. The topological polar surface area (TPSA) is 98.0 Å². The molecule has 0 unspecified atom stereocenters. The molecular weight excluding hydrogens is 411 g/mol. The largest absolute Gasteiger partial charge is 0.479 e. The van der Waals surface area contributed by atoms with Crippen LogP contribution in [0.1, 0.15) is 22.9 Å². The highest BCUT2D eigenvalue weighted by atomic mass is 19.1. The maximum atomic E-state index is 13.2. The van der Waals surface area contributed by atoms with Gasteiger partial charge in [0.2, 0.25) is 5.88 Å². The summed E-state index contributed by atoms with van der Waals surface area (Å²) in [6.45, 7) is 3.62. The number of ether oxygens (including phenoxy) is 1. The van der Waals surface area contributed by atoms with E-state index in [1.165, 1.54) is 12.1 Å². The Balaban J connectivity index is 1.59. The van der Waals surface area contributed by atoms with Gasteiger partial charge in [-0.15, -0.1) is 10.2 Å². The van der Waals surface area contributed by atoms with Crippen LogP contribution in [-0.4, -0.2) is 43.6 Å². The molecule has 2 N–H and O–H groups in total. The number of nitrogens with one attached hydrogen (secondary N) is 1. The van der Waals surface area contributed by atoms with Gasteiger partial charge in [-0.05, 0) is 55.3 Å². The van der Waals surface area contributed by atoms with E-state index < -0.39 is 6.04 Å². The molecule has 8 nitrogen and oxygen atoms in total. The number of anilines is 1. The highest BCUT2D eigenvalue weighted by Crippen LogP contribution is 2.27. The molecule has 32 heavy (non-hydrogen) atoms. The quantitative estimate of drug-likeness (QED) is 0.458. The minimum atomic E-state index is -0.439. The van der Waals surface area contributed by atoms with Gasteiger partial charge in [0.1, 0.15) is 17.2 Å². The summed E-state index contributed by atoms with van der Waals surface area (Å²) < 4.78 is 20.5. The van der Waals surface area contributed by atoms with Crippen LogP contribution in [-0.2, 0) is 0 Å². The van der Waals surface area contributed by atoms with Gasteiger partial charge < -0.3 is 19.7 Å². The van der Waals surface area contributed by atoms with Gasteiger partial charge in [0.15, 0.2) is 5.82 Å². The number of methoxy groups -OCH3 is 1. The number of benzene rings is 1. The standard InChI is InChI=1S/C23H23FN6O2/c1-14-10-19(18-8-9-21(23(27-18)32-3)30-11-15(2)25-13-30)28-29-22(14)26-20(12-31)16-4-6-17(24)7-5-16/h4-11,13,20,31H,12H2,1-3H3,(H,26,29)/t20-/m1/s1. The van der Waals surface area contributed by atoms with Gasteiger partial charge in [0.05, 0.1) is 37.5 Å². The van der Waals surface area contributed by atoms with E-state index in [1.807, 2.05) is 42.8 Å². The van der Waals surface area contributed by atoms with Crippen LogP contribution in [0, 0.1) is 19.7 Å². The normalized spacial score (nSPS) is 11.9. The zero-order valence-electron chi connectivity index (χ0n) is 18.0. The highest BCUT2D eigenvalue weighted by molar-refractivity contribution is 5.61. The fourth-order valence-electron chi connectivity index (χ4n) is 3.32. The molecule has 3 heterocycles. The maximum Gasteiger partial charge on any atom is 0.238 e. The summed E-state index contributed by atoms with van der Waals surface area (Å²) in [5, 5.41) is 21.5. The average molecular weight is 434 g/mol. The molecule has 9 heteroatoms. The summed E-state index contributed by atoms with van der Waals surface area (Å²) in [5.41, 5.74) is 4.43. The molecule has 1 atom stereocenters. The Kier molecular flexibility index (Phi) is 6.09. The van der Waals surface area contributed by atoms with Crippen LogP contribution < -0.4 is 10.1 Å². The SMILES string of the molecule is COc1nc(-c2cc(C)c(N[C@H](CO)c3ccc(F)cc3)nn2)ccc1-n1cnc(C)c1. The number of hydrogen-bond donors (Lipinski definition) is 2. The lowest BCUT2D eigenvalue weighted by Gasteiger charge is -2.18. The van der Waals surface area contributed by atoms with Crippen molar-refractivity contribution < 1.29 is 14.2 Å². The fraction of sp³-hybridized carbons (Fsp3) is 0.217. The third kappa shape index (κ3) is 4.42. The number of aliphatic hydroxyl groups excluding tert-OH is 1. The van der Waals surface area contributed by atoms with Crippen molar-refractivity contribution in [1.82, 2.24) is 24.7 Å². The van der Waals surface area contributed by atoms with Gasteiger partial charge in [-0.3, -0.25) is 0 Å². The van der Waals surface area contributed by atoms with E-state index in [0.717, 1.165) is 22.5 Å². The zero-order valence-corrected chi connectivity index (χ0v) is 18.0. The second kappa shape index (κ2) is 9.11. The predicted molar refractivity (Wildman–Crippen MR) is 118 cm³/mol. The van der Waals surface area contributed by atoms with Gasteiger partial charge in [-0.25, -0.2) is 14.4 Å². The van der Waals surface area contributed by atoms with Gasteiger partial charge >= 0.3 is 0 Å². The van der Waals surface area contributed by atoms with Crippen LogP contribution in [0.5, 0.6) is 5.88 Å². The molecule has 0 aliphatic rings. The van der Waals surface area contributed by atoms with E-state index >= 15 is 0 Å². The van der Waals surface area contributed by atoms with Gasteiger partial charge in [0, 0.05) is 6.20 Å². The smallest absolute Gasteiger partial charge is 0.238 e. The summed E-state index contributed by atoms with van der Waals surface area (Å²) in [6, 6.07) is 11.1. The Labute approximate surface area is 184 Å². The summed E-state index contributed by atoms with van der Waals surface area (Å²) in [6.07, 6.45) is 3.60. The van der Waals surface area contributed by atoms with Crippen LogP contribution in [0.3, 0.4) is 0 Å². The molecule has 4 aromatic rings. The number of pyridine rings is 1. The first-order valence-corrected chi connectivity index (χ1v) is 10.0. The first kappa shape index (κ1) is 21.4. The van der Waals surface area contributed by atoms with Crippen molar-refractivity contribution in [1.29, 1.82) is 0 Å². The Bertz CT molecular complexity index is 1230. The average Bonchev–Trinajstić information content (AvgIpc) is 3.24. The van der Waals surface area contributed by atoms with Crippen LogP contribution in [0.4, 0.5) is 10.2 Å². The number of imidazole rings is 1. The summed E-state index contributed by atoms with van der Waals surface area (Å²) in [7, 11) is 1.56. The van der Waals surface area contributed by atoms with E-state index in [4.69, 9.17) is 4.74 Å². The molecule has 0 saturated carbocycles. The summed E-state index contributed by atoms with van der Waals surface area (Å²) in [5.74, 6) is 0.635. The minimum absolute atomic E-state index is 0.178. The van der Waals surface area contributed by atoms with Crippen molar-refractivity contribution >= 4 is 5.82 Å². The number of aromatic nitrogens is 5. The number of aryl methyl sites for hydroxylation is 2. The fourth-order valence-corrected chi connectivity index (χ4v) is 3.32. The molecule has 0 spiro atoms. The van der Waals surface area contributed by atoms with E-state index in [1.54, 1.807) is 25.6 Å². The molecule has 4 rings (SSSR count). The molecule has 0 bridgehead atoms. The van der Waals surface area contributed by atoms with E-state index in [9.17, 15) is 9.50 Å². The van der Waals surface area contributed by atoms with Crippen molar-refractivity contribution in [3.63, 3.8) is 0 Å². The second-order valence-corrected chi connectivity index (χ2v) is 7.34. The molecule has 164 valence electrons. The first-order valence-electron chi connectivity index (χ1n) is 10.0. The van der Waals surface area contributed by atoms with Crippen LogP contribution in [0.2, 0.25) is 0 Å². The van der Waals surface area contributed by atoms with Crippen molar-refractivity contribution in [2.75, 3.05) is 19.0 Å². The number of aliphatic hydroxyl groups is 1. The van der Waals surface area contributed by atoms with Gasteiger partial charge in [-0.2, -0.15) is 0 Å². The lowest BCUT2D eigenvalue weighted by Crippen LogP contribution is -2.17. The minimum Gasteiger partial charge on any atom is -0.479 e. The first-order chi connectivity index (χ1) is 15.5. The summed E-state index contributed by atoms with van der Waals surface area (Å²) >= 11 is 0. The van der Waals surface area contributed by atoms with Crippen LogP contribution in [0.15, 0.2) is 55.0 Å². The maximum absolute atomic E-state index is 13.2. The van der Waals surface area contributed by atoms with Crippen molar-refractivity contribution in [3.05, 3.63) is 77.6 Å². The Morgan fingerprint density at radius 2 is 1.88 bits per heavy atom. The third-order valence-electron chi connectivity index (χ3n) is 5.04. The Morgan fingerprint density at radius 3 is 2.50 bits per heavy atom. The molecule has 0 aliphatic heterocycles. The van der Waals surface area contributed by atoms with Crippen molar-refractivity contribution in [2.45, 2.75) is 19.9 Å². The lowest BCUT2D eigenvalue weighted by molar-refractivity contribution is 0.276. The number of hydrogen-bond acceptors (Lipinski definition) is 7. The summed E-state index contributed by atoms with van der Waals surface area (Å²) in [4.78, 5) is 8.82. The Hall–Kier alpha value is -3.85. The number of rotatable bonds is 7. The molecule has 0 saturated heterocycles. The predicted octanol–water partition coefficient (Wildman–Crippen LogP) is 3.63. The molecule has 0 fully saturated rings. The molecule has 0 aliphatic carbocycles. The van der Waals surface area contributed by atoms with Gasteiger partial charge in [0.25, 0.3) is 0 Å². The molecule has 0 amide bonds.